The molecule has 0 atom stereocenters. The number of furan rings is 1. The predicted molar refractivity (Wildman–Crippen MR) is 152 cm³/mol. The van der Waals surface area contributed by atoms with Crippen LogP contribution >= 0.6 is 0 Å². The zero-order chi connectivity index (χ0) is 29.1. The zero-order valence-electron chi connectivity index (χ0n) is 22.1. The fourth-order valence-electron chi connectivity index (χ4n) is 3.65. The highest BCUT2D eigenvalue weighted by Gasteiger charge is 2.27. The molecule has 0 fully saturated rings. The van der Waals surface area contributed by atoms with Crippen LogP contribution in [0.4, 0.5) is 5.69 Å². The third-order valence-electron chi connectivity index (χ3n) is 5.65. The number of hydrazone groups is 1. The molecule has 4 aromatic rings. The molecule has 0 saturated carbocycles. The lowest BCUT2D eigenvalue weighted by Crippen LogP contribution is -2.38. The summed E-state index contributed by atoms with van der Waals surface area (Å²) in [6.45, 7) is -0.805. The molecule has 212 valence electrons. The molecular weight excluding hydrogens is 548 g/mol. The van der Waals surface area contributed by atoms with E-state index in [0.717, 1.165) is 4.31 Å². The number of ether oxygens (including phenoxy) is 2. The Balaban J connectivity index is 1.30. The molecule has 41 heavy (non-hydrogen) atoms. The second-order valence-corrected chi connectivity index (χ2v) is 10.5. The van der Waals surface area contributed by atoms with Crippen molar-refractivity contribution in [2.24, 2.45) is 5.10 Å². The molecular formula is C29H28N4O7S. The number of carbonyl (C=O) groups is 2. The van der Waals surface area contributed by atoms with Crippen molar-refractivity contribution in [3.8, 4) is 11.5 Å². The highest BCUT2D eigenvalue weighted by Crippen LogP contribution is 2.23. The van der Waals surface area contributed by atoms with Crippen LogP contribution < -0.4 is 20.2 Å². The van der Waals surface area contributed by atoms with Crippen molar-refractivity contribution in [1.82, 2.24) is 9.73 Å². The van der Waals surface area contributed by atoms with E-state index in [1.54, 1.807) is 78.9 Å². The highest BCUT2D eigenvalue weighted by atomic mass is 32.2. The van der Waals surface area contributed by atoms with Gasteiger partial charge in [0, 0.05) is 0 Å². The summed E-state index contributed by atoms with van der Waals surface area (Å²) in [5.74, 6) is 0.410. The summed E-state index contributed by atoms with van der Waals surface area (Å²) in [5.41, 5.74) is 3.53. The van der Waals surface area contributed by atoms with E-state index in [-0.39, 0.29) is 24.0 Å². The molecule has 0 aliphatic rings. The Bertz CT molecular complexity index is 1570. The smallest absolute Gasteiger partial charge is 0.262 e. The molecule has 2 amide bonds. The maximum atomic E-state index is 13.2. The summed E-state index contributed by atoms with van der Waals surface area (Å²) in [5, 5.41) is 6.66. The molecule has 4 rings (SSSR count). The Morgan fingerprint density at radius 1 is 0.927 bits per heavy atom. The zero-order valence-corrected chi connectivity index (χ0v) is 22.9. The first kappa shape index (κ1) is 29.1. The lowest BCUT2D eigenvalue weighted by Gasteiger charge is -2.20. The van der Waals surface area contributed by atoms with Crippen molar-refractivity contribution in [1.29, 1.82) is 0 Å². The number of amides is 2. The van der Waals surface area contributed by atoms with Gasteiger partial charge in [0.2, 0.25) is 10.0 Å². The van der Waals surface area contributed by atoms with Gasteiger partial charge >= 0.3 is 0 Å². The van der Waals surface area contributed by atoms with Crippen LogP contribution in [-0.2, 0) is 26.2 Å². The summed E-state index contributed by atoms with van der Waals surface area (Å²) in [7, 11) is -2.46. The Morgan fingerprint density at radius 3 is 2.37 bits per heavy atom. The monoisotopic (exact) mass is 576 g/mol. The van der Waals surface area contributed by atoms with Crippen LogP contribution in [0.5, 0.6) is 11.5 Å². The van der Waals surface area contributed by atoms with Gasteiger partial charge in [0.05, 0.1) is 43.3 Å². The average molecular weight is 577 g/mol. The highest BCUT2D eigenvalue weighted by molar-refractivity contribution is 7.89. The van der Waals surface area contributed by atoms with Crippen LogP contribution in [0.3, 0.4) is 0 Å². The largest absolute Gasteiger partial charge is 0.495 e. The van der Waals surface area contributed by atoms with Crippen molar-refractivity contribution in [2.45, 2.75) is 11.4 Å². The average Bonchev–Trinajstić information content (AvgIpc) is 3.50. The number of para-hydroxylation sites is 2. The van der Waals surface area contributed by atoms with E-state index in [1.165, 1.54) is 31.7 Å². The van der Waals surface area contributed by atoms with E-state index in [1.807, 2.05) is 0 Å². The van der Waals surface area contributed by atoms with Gasteiger partial charge in [-0.2, -0.15) is 9.41 Å². The first-order chi connectivity index (χ1) is 19.8. The second-order valence-electron chi connectivity index (χ2n) is 8.56. The van der Waals surface area contributed by atoms with Crippen LogP contribution in [0, 0.1) is 0 Å². The van der Waals surface area contributed by atoms with Gasteiger partial charge in [-0.05, 0) is 66.2 Å². The number of nitrogens with zero attached hydrogens (tertiary/aromatic N) is 2. The van der Waals surface area contributed by atoms with Crippen molar-refractivity contribution in [2.75, 3.05) is 25.6 Å². The van der Waals surface area contributed by atoms with Crippen LogP contribution in [0.15, 0.2) is 112 Å². The van der Waals surface area contributed by atoms with Crippen molar-refractivity contribution >= 4 is 33.7 Å². The van der Waals surface area contributed by atoms with Crippen LogP contribution in [-0.4, -0.2) is 51.0 Å². The topological polar surface area (TPSA) is 140 Å². The molecule has 0 spiro atoms. The normalized spacial score (nSPS) is 11.4. The Labute approximate surface area is 237 Å². The Hall–Kier alpha value is -4.94. The van der Waals surface area contributed by atoms with Gasteiger partial charge in [0.25, 0.3) is 11.8 Å². The SMILES string of the molecule is COc1ccccc1NC(=O)COc1ccc(/C=N/NC(=O)CN(Cc2ccco2)S(=O)(=O)c2ccccc2)cc1. The van der Waals surface area contributed by atoms with E-state index < -0.39 is 22.5 Å². The van der Waals surface area contributed by atoms with E-state index in [4.69, 9.17) is 13.9 Å². The summed E-state index contributed by atoms with van der Waals surface area (Å²) < 4.78 is 43.4. The molecule has 0 radical (unpaired) electrons. The molecule has 1 heterocycles. The molecule has 11 nitrogen and oxygen atoms in total. The van der Waals surface area contributed by atoms with Crippen molar-refractivity contribution < 1.29 is 31.9 Å². The fraction of sp³-hybridized carbons (Fsp3) is 0.138. The number of methoxy groups -OCH3 is 1. The molecule has 2 N–H and O–H groups in total. The molecule has 0 bridgehead atoms. The lowest BCUT2D eigenvalue weighted by atomic mass is 10.2. The number of carbonyl (C=O) groups excluding carboxylic acids is 2. The van der Waals surface area contributed by atoms with Crippen molar-refractivity contribution in [3.05, 3.63) is 109 Å². The summed E-state index contributed by atoms with van der Waals surface area (Å²) in [6, 6.07) is 24.8. The number of hydrogen-bond donors (Lipinski definition) is 2. The van der Waals surface area contributed by atoms with E-state index >= 15 is 0 Å². The lowest BCUT2D eigenvalue weighted by molar-refractivity contribution is -0.121. The summed E-state index contributed by atoms with van der Waals surface area (Å²) in [4.78, 5) is 24.9. The number of rotatable bonds is 13. The van der Waals surface area contributed by atoms with Gasteiger partial charge in [-0.25, -0.2) is 13.8 Å². The quantitative estimate of drug-likeness (QED) is 0.183. The second kappa shape index (κ2) is 13.9. The third-order valence-corrected chi connectivity index (χ3v) is 7.45. The molecule has 3 aromatic carbocycles. The van der Waals surface area contributed by atoms with Gasteiger partial charge in [0.1, 0.15) is 17.3 Å². The van der Waals surface area contributed by atoms with Gasteiger partial charge in [-0.3, -0.25) is 9.59 Å². The number of nitrogens with one attached hydrogen (secondary N) is 2. The van der Waals surface area contributed by atoms with Crippen LogP contribution in [0.1, 0.15) is 11.3 Å². The minimum Gasteiger partial charge on any atom is -0.495 e. The number of sulfonamides is 1. The first-order valence-electron chi connectivity index (χ1n) is 12.4. The summed E-state index contributed by atoms with van der Waals surface area (Å²) in [6.07, 6.45) is 2.83. The van der Waals surface area contributed by atoms with Gasteiger partial charge in [0.15, 0.2) is 6.61 Å². The maximum Gasteiger partial charge on any atom is 0.262 e. The summed E-state index contributed by atoms with van der Waals surface area (Å²) >= 11 is 0. The third kappa shape index (κ3) is 8.27. The number of hydrogen-bond acceptors (Lipinski definition) is 8. The van der Waals surface area contributed by atoms with Crippen LogP contribution in [0.2, 0.25) is 0 Å². The number of anilines is 1. The van der Waals surface area contributed by atoms with E-state index in [9.17, 15) is 18.0 Å². The molecule has 0 aliphatic carbocycles. The molecule has 1 aromatic heterocycles. The number of benzene rings is 3. The van der Waals surface area contributed by atoms with Gasteiger partial charge in [-0.15, -0.1) is 0 Å². The fourth-order valence-corrected chi connectivity index (χ4v) is 5.03. The van der Waals surface area contributed by atoms with Crippen LogP contribution in [0.25, 0.3) is 0 Å². The minimum absolute atomic E-state index is 0.0578. The molecule has 0 unspecified atom stereocenters. The van der Waals surface area contributed by atoms with Crippen molar-refractivity contribution in [3.63, 3.8) is 0 Å². The standard InChI is InChI=1S/C29H28N4O7S/c1-38-27-12-6-5-11-26(27)31-29(35)21-40-23-15-13-22(14-16-23)18-30-32-28(34)20-33(19-24-8-7-17-39-24)41(36,37)25-9-3-2-4-10-25/h2-18H,19-21H2,1H3,(H,31,35)(H,32,34)/b30-18+. The molecule has 12 heteroatoms. The first-order valence-corrected chi connectivity index (χ1v) is 13.8. The predicted octanol–water partition coefficient (Wildman–Crippen LogP) is 3.65. The Morgan fingerprint density at radius 2 is 1.66 bits per heavy atom. The van der Waals surface area contributed by atoms with E-state index in [0.29, 0.717) is 28.5 Å². The minimum atomic E-state index is -3.98. The Kier molecular flexibility index (Phi) is 9.86. The van der Waals surface area contributed by atoms with E-state index in [2.05, 4.69) is 15.8 Å². The maximum absolute atomic E-state index is 13.2. The molecule has 0 aliphatic heterocycles. The molecule has 0 saturated heterocycles. The van der Waals surface area contributed by atoms with Gasteiger partial charge in [-0.1, -0.05) is 30.3 Å². The van der Waals surface area contributed by atoms with Gasteiger partial charge < -0.3 is 19.2 Å².